The van der Waals surface area contributed by atoms with Gasteiger partial charge < -0.3 is 4.74 Å². The van der Waals surface area contributed by atoms with Crippen LogP contribution in [0, 0.1) is 23.2 Å². The summed E-state index contributed by atoms with van der Waals surface area (Å²) in [5.74, 6) is 3.65. The van der Waals surface area contributed by atoms with Crippen LogP contribution in [-0.2, 0) is 0 Å². The average Bonchev–Trinajstić information content (AvgIpc) is 3.32. The second kappa shape index (κ2) is 4.74. The molecule has 5 aliphatic rings. The molecule has 4 heteroatoms. The van der Waals surface area contributed by atoms with Crippen molar-refractivity contribution in [1.82, 2.24) is 14.6 Å². The maximum absolute atomic E-state index is 6.29. The summed E-state index contributed by atoms with van der Waals surface area (Å²) < 4.78 is 8.35. The average molecular weight is 323 g/mol. The number of ether oxygens (including phenoxy) is 1. The molecule has 0 amide bonds. The number of nitrogens with zero attached hydrogens (tertiary/aromatic N) is 3. The summed E-state index contributed by atoms with van der Waals surface area (Å²) in [5, 5.41) is 8.62. The Bertz CT molecular complexity index is 756. The zero-order valence-corrected chi connectivity index (χ0v) is 14.2. The Morgan fingerprint density at radius 2 is 1.71 bits per heavy atom. The lowest BCUT2D eigenvalue weighted by molar-refractivity contribution is -0.0759. The van der Waals surface area contributed by atoms with Gasteiger partial charge in [0.15, 0.2) is 5.65 Å². The topological polar surface area (TPSA) is 39.4 Å². The third-order valence-electron chi connectivity index (χ3n) is 7.12. The number of hydrogen-bond acceptors (Lipinski definition) is 3. The van der Waals surface area contributed by atoms with Crippen molar-refractivity contribution in [2.24, 2.45) is 23.2 Å². The molecule has 7 rings (SSSR count). The highest BCUT2D eigenvalue weighted by Gasteiger charge is 2.51. The monoisotopic (exact) mass is 323 g/mol. The summed E-state index contributed by atoms with van der Waals surface area (Å²) in [4.78, 5) is 0. The maximum Gasteiger partial charge on any atom is 0.321 e. The molecule has 2 aromatic rings. The van der Waals surface area contributed by atoms with Crippen LogP contribution in [0.2, 0.25) is 0 Å². The standard InChI is InChI=1S/C20H25N3O/c1-2-16(1)17-3-4-18-21-22-19(23(18)11-17)24-12-20-8-13-5-14(9-20)7-15(6-13)10-20/h3-4,11,13-16H,1-2,5-10,12H2. The quantitative estimate of drug-likeness (QED) is 0.846. The van der Waals surface area contributed by atoms with Gasteiger partial charge in [0.05, 0.1) is 6.61 Å². The number of fused-ring (bicyclic) bond motifs is 1. The van der Waals surface area contributed by atoms with Crippen LogP contribution in [0.4, 0.5) is 0 Å². The molecule has 0 atom stereocenters. The summed E-state index contributed by atoms with van der Waals surface area (Å²) in [7, 11) is 0. The van der Waals surface area contributed by atoms with Crippen molar-refractivity contribution in [1.29, 1.82) is 0 Å². The van der Waals surface area contributed by atoms with Crippen LogP contribution in [0.3, 0.4) is 0 Å². The molecule has 2 aromatic heterocycles. The van der Waals surface area contributed by atoms with Gasteiger partial charge in [0.2, 0.25) is 0 Å². The molecular formula is C20H25N3O. The van der Waals surface area contributed by atoms with E-state index in [1.807, 2.05) is 0 Å². The molecular weight excluding hydrogens is 298 g/mol. The van der Waals surface area contributed by atoms with E-state index in [1.165, 1.54) is 56.9 Å². The normalized spacial score (nSPS) is 37.2. The minimum atomic E-state index is 0.425. The predicted molar refractivity (Wildman–Crippen MR) is 91.1 cm³/mol. The minimum absolute atomic E-state index is 0.425. The molecule has 126 valence electrons. The molecule has 0 aromatic carbocycles. The van der Waals surface area contributed by atoms with Crippen LogP contribution < -0.4 is 4.74 Å². The van der Waals surface area contributed by atoms with Crippen molar-refractivity contribution in [2.45, 2.75) is 57.3 Å². The third kappa shape index (κ3) is 2.11. The van der Waals surface area contributed by atoms with Crippen LogP contribution >= 0.6 is 0 Å². The lowest BCUT2D eigenvalue weighted by Gasteiger charge is -2.56. The summed E-state index contributed by atoms with van der Waals surface area (Å²) in [6, 6.07) is 4.98. The molecule has 4 bridgehead atoms. The van der Waals surface area contributed by atoms with E-state index in [0.717, 1.165) is 35.9 Å². The van der Waals surface area contributed by atoms with Gasteiger partial charge in [-0.05, 0) is 86.7 Å². The molecule has 5 aliphatic carbocycles. The maximum atomic E-state index is 6.29. The molecule has 0 aliphatic heterocycles. The van der Waals surface area contributed by atoms with Crippen LogP contribution in [0.15, 0.2) is 18.3 Å². The van der Waals surface area contributed by atoms with Crippen molar-refractivity contribution in [2.75, 3.05) is 6.61 Å². The van der Waals surface area contributed by atoms with Crippen molar-refractivity contribution in [3.63, 3.8) is 0 Å². The van der Waals surface area contributed by atoms with Crippen LogP contribution in [0.1, 0.15) is 62.8 Å². The SMILES string of the molecule is c1cc2nnc(OCC34CC5CC(CC(C5)C3)C4)n2cc1C1CC1. The van der Waals surface area contributed by atoms with Crippen LogP contribution in [-0.4, -0.2) is 21.2 Å². The van der Waals surface area contributed by atoms with Gasteiger partial charge in [0.1, 0.15) is 0 Å². The Hall–Kier alpha value is -1.58. The summed E-state index contributed by atoms with van der Waals surface area (Å²) in [5.41, 5.74) is 2.73. The van der Waals surface area contributed by atoms with Gasteiger partial charge in [0.25, 0.3) is 0 Å². The third-order valence-corrected chi connectivity index (χ3v) is 7.12. The van der Waals surface area contributed by atoms with Crippen molar-refractivity contribution < 1.29 is 4.74 Å². The Morgan fingerprint density at radius 3 is 2.38 bits per heavy atom. The van der Waals surface area contributed by atoms with E-state index >= 15 is 0 Å². The van der Waals surface area contributed by atoms with E-state index in [1.54, 1.807) is 0 Å². The zero-order valence-electron chi connectivity index (χ0n) is 14.2. The highest BCUT2D eigenvalue weighted by Crippen LogP contribution is 2.60. The van der Waals surface area contributed by atoms with E-state index in [2.05, 4.69) is 32.9 Å². The first kappa shape index (κ1) is 13.7. The van der Waals surface area contributed by atoms with E-state index in [9.17, 15) is 0 Å². The Morgan fingerprint density at radius 1 is 1.00 bits per heavy atom. The van der Waals surface area contributed by atoms with Crippen molar-refractivity contribution in [3.8, 4) is 6.01 Å². The van der Waals surface area contributed by atoms with Gasteiger partial charge in [0, 0.05) is 11.6 Å². The van der Waals surface area contributed by atoms with Gasteiger partial charge >= 0.3 is 6.01 Å². The molecule has 24 heavy (non-hydrogen) atoms. The van der Waals surface area contributed by atoms with E-state index in [4.69, 9.17) is 4.74 Å². The molecule has 4 nitrogen and oxygen atoms in total. The Balaban J connectivity index is 1.26. The van der Waals surface area contributed by atoms with Crippen molar-refractivity contribution >= 4 is 5.65 Å². The fraction of sp³-hybridized carbons (Fsp3) is 0.700. The van der Waals surface area contributed by atoms with Gasteiger partial charge in [-0.2, -0.15) is 0 Å². The lowest BCUT2D eigenvalue weighted by atomic mass is 9.50. The van der Waals surface area contributed by atoms with Gasteiger partial charge in [-0.3, -0.25) is 4.40 Å². The Labute approximate surface area is 142 Å². The van der Waals surface area contributed by atoms with Crippen LogP contribution in [0.25, 0.3) is 5.65 Å². The molecule has 5 saturated carbocycles. The molecule has 5 fully saturated rings. The molecule has 0 saturated heterocycles. The summed E-state index contributed by atoms with van der Waals surface area (Å²) in [6.07, 6.45) is 13.4. The smallest absolute Gasteiger partial charge is 0.321 e. The summed E-state index contributed by atoms with van der Waals surface area (Å²) >= 11 is 0. The van der Waals surface area contributed by atoms with Gasteiger partial charge in [-0.1, -0.05) is 11.2 Å². The fourth-order valence-corrected chi connectivity index (χ4v) is 6.33. The number of hydrogen-bond donors (Lipinski definition) is 0. The molecule has 0 radical (unpaired) electrons. The molecule has 2 heterocycles. The first-order valence-electron chi connectivity index (χ1n) is 9.74. The predicted octanol–water partition coefficient (Wildman–Crippen LogP) is 4.20. The van der Waals surface area contributed by atoms with Crippen molar-refractivity contribution in [3.05, 3.63) is 23.9 Å². The first-order chi connectivity index (χ1) is 11.8. The molecule has 0 unspecified atom stereocenters. The summed E-state index contributed by atoms with van der Waals surface area (Å²) in [6.45, 7) is 0.838. The van der Waals surface area contributed by atoms with E-state index in [-0.39, 0.29) is 0 Å². The lowest BCUT2D eigenvalue weighted by Crippen LogP contribution is -2.48. The molecule has 0 N–H and O–H groups in total. The highest BCUT2D eigenvalue weighted by atomic mass is 16.5. The van der Waals surface area contributed by atoms with Crippen LogP contribution in [0.5, 0.6) is 6.01 Å². The number of aromatic nitrogens is 3. The number of pyridine rings is 1. The van der Waals surface area contributed by atoms with Gasteiger partial charge in [-0.25, -0.2) is 0 Å². The fourth-order valence-electron chi connectivity index (χ4n) is 6.33. The van der Waals surface area contributed by atoms with E-state index in [0.29, 0.717) is 11.4 Å². The second-order valence-electron chi connectivity index (χ2n) is 9.15. The van der Waals surface area contributed by atoms with E-state index < -0.39 is 0 Å². The van der Waals surface area contributed by atoms with Gasteiger partial charge in [-0.15, -0.1) is 5.10 Å². The largest absolute Gasteiger partial charge is 0.463 e. The second-order valence-corrected chi connectivity index (χ2v) is 9.15. The zero-order chi connectivity index (χ0) is 15.7. The Kier molecular flexibility index (Phi) is 2.70. The highest BCUT2D eigenvalue weighted by molar-refractivity contribution is 5.42. The first-order valence-corrected chi connectivity index (χ1v) is 9.74. The minimum Gasteiger partial charge on any atom is -0.463 e. The number of rotatable bonds is 4. The molecule has 0 spiro atoms.